The van der Waals surface area contributed by atoms with Crippen molar-refractivity contribution in [2.75, 3.05) is 13.2 Å². The molecule has 0 radical (unpaired) electrons. The van der Waals surface area contributed by atoms with E-state index in [0.717, 1.165) is 35.5 Å². The van der Waals surface area contributed by atoms with Gasteiger partial charge in [-0.2, -0.15) is 0 Å². The molecule has 2 aromatic rings. The van der Waals surface area contributed by atoms with Crippen molar-refractivity contribution < 1.29 is 19.4 Å². The molecule has 2 N–H and O–H groups in total. The van der Waals surface area contributed by atoms with Crippen LogP contribution in [-0.2, 0) is 9.53 Å². The monoisotopic (exact) mass is 370 g/mol. The van der Waals surface area contributed by atoms with Crippen LogP contribution in [0.2, 0.25) is 0 Å². The molecule has 6 nitrogen and oxygen atoms in total. The van der Waals surface area contributed by atoms with E-state index in [1.807, 2.05) is 49.6 Å². The Bertz CT molecular complexity index is 850. The number of aliphatic carboxylic acids is 1. The second-order valence-corrected chi connectivity index (χ2v) is 7.23. The summed E-state index contributed by atoms with van der Waals surface area (Å²) in [6.07, 6.45) is 1.55. The normalized spacial score (nSPS) is 18.1. The molecule has 1 aromatic carbocycles. The largest absolute Gasteiger partial charge is 0.480 e. The molecule has 1 amide bonds. The first-order valence-electron chi connectivity index (χ1n) is 9.26. The van der Waals surface area contributed by atoms with Gasteiger partial charge >= 0.3 is 5.97 Å². The molecule has 27 heavy (non-hydrogen) atoms. The van der Waals surface area contributed by atoms with Gasteiger partial charge in [-0.15, -0.1) is 0 Å². The van der Waals surface area contributed by atoms with E-state index in [-0.39, 0.29) is 11.8 Å². The van der Waals surface area contributed by atoms with Crippen molar-refractivity contribution in [3.8, 4) is 5.69 Å². The summed E-state index contributed by atoms with van der Waals surface area (Å²) >= 11 is 0. The maximum atomic E-state index is 12.9. The van der Waals surface area contributed by atoms with Gasteiger partial charge in [0.1, 0.15) is 6.04 Å². The van der Waals surface area contributed by atoms with E-state index in [0.29, 0.717) is 18.8 Å². The fourth-order valence-corrected chi connectivity index (χ4v) is 3.79. The van der Waals surface area contributed by atoms with Crippen LogP contribution in [-0.4, -0.2) is 40.8 Å². The molecule has 3 rings (SSSR count). The number of nitrogens with one attached hydrogen (secondary N) is 1. The van der Waals surface area contributed by atoms with Gasteiger partial charge in [0.05, 0.1) is 12.2 Å². The Morgan fingerprint density at radius 1 is 1.26 bits per heavy atom. The number of hydrogen-bond donors (Lipinski definition) is 2. The number of aromatic nitrogens is 1. The minimum absolute atomic E-state index is 0.208. The number of carbonyl (C=O) groups is 2. The maximum Gasteiger partial charge on any atom is 0.326 e. The summed E-state index contributed by atoms with van der Waals surface area (Å²) in [6.45, 7) is 6.85. The highest BCUT2D eigenvalue weighted by atomic mass is 16.5. The quantitative estimate of drug-likeness (QED) is 0.848. The second kappa shape index (κ2) is 7.96. The van der Waals surface area contributed by atoms with Gasteiger partial charge in [0.15, 0.2) is 0 Å². The van der Waals surface area contributed by atoms with Crippen LogP contribution in [0.4, 0.5) is 0 Å². The number of aryl methyl sites for hydroxylation is 2. The smallest absolute Gasteiger partial charge is 0.326 e. The molecule has 0 aliphatic carbocycles. The maximum absolute atomic E-state index is 12.9. The summed E-state index contributed by atoms with van der Waals surface area (Å²) in [7, 11) is 0. The summed E-state index contributed by atoms with van der Waals surface area (Å²) in [5.74, 6) is -1.59. The Morgan fingerprint density at radius 3 is 2.67 bits per heavy atom. The van der Waals surface area contributed by atoms with Gasteiger partial charge in [0, 0.05) is 29.6 Å². The van der Waals surface area contributed by atoms with E-state index in [2.05, 4.69) is 11.4 Å². The Labute approximate surface area is 159 Å². The molecule has 0 saturated carbocycles. The molecule has 144 valence electrons. The third-order valence-electron chi connectivity index (χ3n) is 5.16. The van der Waals surface area contributed by atoms with Crippen LogP contribution in [0.15, 0.2) is 30.3 Å². The molecule has 1 aliphatic heterocycles. The molecule has 1 aromatic heterocycles. The summed E-state index contributed by atoms with van der Waals surface area (Å²) < 4.78 is 7.41. The van der Waals surface area contributed by atoms with Crippen molar-refractivity contribution in [2.45, 2.75) is 39.7 Å². The number of amides is 1. The number of nitrogens with zero attached hydrogens (tertiary/aromatic N) is 1. The first-order chi connectivity index (χ1) is 12.9. The predicted octanol–water partition coefficient (Wildman–Crippen LogP) is 3.01. The molecule has 1 fully saturated rings. The van der Waals surface area contributed by atoms with E-state index in [4.69, 9.17) is 4.74 Å². The summed E-state index contributed by atoms with van der Waals surface area (Å²) in [6, 6.07) is 8.92. The molecule has 1 saturated heterocycles. The van der Waals surface area contributed by atoms with Gasteiger partial charge in [0.25, 0.3) is 5.91 Å². The number of carboxylic acid groups (broad SMARTS) is 1. The average Bonchev–Trinajstić information content (AvgIpc) is 2.94. The zero-order chi connectivity index (χ0) is 19.6. The minimum Gasteiger partial charge on any atom is -0.480 e. The lowest BCUT2D eigenvalue weighted by atomic mass is 9.93. The predicted molar refractivity (Wildman–Crippen MR) is 102 cm³/mol. The van der Waals surface area contributed by atoms with E-state index in [1.54, 1.807) is 0 Å². The molecule has 0 spiro atoms. The summed E-state index contributed by atoms with van der Waals surface area (Å²) in [5, 5.41) is 12.3. The van der Waals surface area contributed by atoms with Gasteiger partial charge in [-0.1, -0.05) is 12.1 Å². The van der Waals surface area contributed by atoms with Crippen molar-refractivity contribution in [3.63, 3.8) is 0 Å². The lowest BCUT2D eigenvalue weighted by Gasteiger charge is -2.28. The van der Waals surface area contributed by atoms with Crippen LogP contribution in [0.1, 0.15) is 40.2 Å². The lowest BCUT2D eigenvalue weighted by Crippen LogP contribution is -2.48. The molecule has 2 unspecified atom stereocenters. The average molecular weight is 370 g/mol. The van der Waals surface area contributed by atoms with Crippen molar-refractivity contribution in [3.05, 3.63) is 52.8 Å². The SMILES string of the molecule is Cc1cccc(-n2c(C)cc(C(=O)NC(C(=O)O)C3CCCOC3)c2C)c1. The Hall–Kier alpha value is -2.60. The fourth-order valence-electron chi connectivity index (χ4n) is 3.79. The zero-order valence-electron chi connectivity index (χ0n) is 16.0. The van der Waals surface area contributed by atoms with E-state index in [9.17, 15) is 14.7 Å². The number of benzene rings is 1. The molecule has 1 aliphatic rings. The third-order valence-corrected chi connectivity index (χ3v) is 5.16. The Balaban J connectivity index is 1.86. The van der Waals surface area contributed by atoms with Crippen LogP contribution in [0.5, 0.6) is 0 Å². The van der Waals surface area contributed by atoms with Crippen molar-refractivity contribution in [1.29, 1.82) is 0 Å². The highest BCUT2D eigenvalue weighted by molar-refractivity contribution is 5.98. The van der Waals surface area contributed by atoms with Crippen molar-refractivity contribution >= 4 is 11.9 Å². The van der Waals surface area contributed by atoms with Crippen LogP contribution < -0.4 is 5.32 Å². The number of carboxylic acids is 1. The van der Waals surface area contributed by atoms with Crippen LogP contribution in [0, 0.1) is 26.7 Å². The lowest BCUT2D eigenvalue weighted by molar-refractivity contribution is -0.142. The topological polar surface area (TPSA) is 80.6 Å². The van der Waals surface area contributed by atoms with Crippen LogP contribution in [0.3, 0.4) is 0 Å². The molecule has 2 atom stereocenters. The van der Waals surface area contributed by atoms with Crippen LogP contribution in [0.25, 0.3) is 5.69 Å². The highest BCUT2D eigenvalue weighted by Crippen LogP contribution is 2.23. The first-order valence-corrected chi connectivity index (χ1v) is 9.26. The Kier molecular flexibility index (Phi) is 5.65. The van der Waals surface area contributed by atoms with Gasteiger partial charge in [0.2, 0.25) is 0 Å². The summed E-state index contributed by atoms with van der Waals surface area (Å²) in [4.78, 5) is 24.6. The molecule has 2 heterocycles. The van der Waals surface area contributed by atoms with Crippen LogP contribution >= 0.6 is 0 Å². The van der Waals surface area contributed by atoms with Crippen molar-refractivity contribution in [2.24, 2.45) is 5.92 Å². The highest BCUT2D eigenvalue weighted by Gasteiger charge is 2.32. The van der Waals surface area contributed by atoms with E-state index < -0.39 is 12.0 Å². The molecular weight excluding hydrogens is 344 g/mol. The minimum atomic E-state index is -1.02. The van der Waals surface area contributed by atoms with Crippen molar-refractivity contribution in [1.82, 2.24) is 9.88 Å². The van der Waals surface area contributed by atoms with E-state index >= 15 is 0 Å². The van der Waals surface area contributed by atoms with Gasteiger partial charge in [-0.05, 0) is 57.4 Å². The molecule has 0 bridgehead atoms. The fraction of sp³-hybridized carbons (Fsp3) is 0.429. The standard InChI is InChI=1S/C21H26N2O4/c1-13-6-4-8-17(10-13)23-14(2)11-18(15(23)3)20(24)22-19(21(25)26)16-7-5-9-27-12-16/h4,6,8,10-11,16,19H,5,7,9,12H2,1-3H3,(H,22,24)(H,25,26). The summed E-state index contributed by atoms with van der Waals surface area (Å²) in [5.41, 5.74) is 4.33. The first kappa shape index (κ1) is 19.2. The number of carbonyl (C=O) groups excluding carboxylic acids is 1. The van der Waals surface area contributed by atoms with Gasteiger partial charge in [-0.25, -0.2) is 4.79 Å². The molecular formula is C21H26N2O4. The number of hydrogen-bond acceptors (Lipinski definition) is 3. The molecule has 6 heteroatoms. The third kappa shape index (κ3) is 4.06. The van der Waals surface area contributed by atoms with E-state index in [1.165, 1.54) is 0 Å². The second-order valence-electron chi connectivity index (χ2n) is 7.23. The van der Waals surface area contributed by atoms with Gasteiger partial charge < -0.3 is 19.7 Å². The number of rotatable bonds is 5. The Morgan fingerprint density at radius 2 is 2.04 bits per heavy atom. The zero-order valence-corrected chi connectivity index (χ0v) is 16.0. The number of ether oxygens (including phenoxy) is 1. The van der Waals surface area contributed by atoms with Gasteiger partial charge in [-0.3, -0.25) is 4.79 Å².